The molecule has 1 aliphatic heterocycles. The van der Waals surface area contributed by atoms with E-state index >= 15 is 0 Å². The molecule has 0 atom stereocenters. The highest BCUT2D eigenvalue weighted by atomic mass is 16.5. The molecule has 0 radical (unpaired) electrons. The van der Waals surface area contributed by atoms with E-state index in [1.54, 1.807) is 10.6 Å². The van der Waals surface area contributed by atoms with E-state index in [0.717, 1.165) is 51.9 Å². The molecule has 8 rings (SSSR count). The van der Waals surface area contributed by atoms with E-state index in [0.29, 0.717) is 17.0 Å². The minimum atomic E-state index is -2.35. The summed E-state index contributed by atoms with van der Waals surface area (Å²) in [6.45, 7) is -0.212. The average molecular weight is 539 g/mol. The van der Waals surface area contributed by atoms with Gasteiger partial charge in [-0.15, -0.1) is 0 Å². The third-order valence-corrected chi connectivity index (χ3v) is 7.95. The summed E-state index contributed by atoms with van der Waals surface area (Å²) in [7, 11) is 0. The van der Waals surface area contributed by atoms with Crippen LogP contribution >= 0.6 is 0 Å². The van der Waals surface area contributed by atoms with Crippen LogP contribution in [0.2, 0.25) is 0 Å². The number of anilines is 1. The fraction of sp³-hybridized carbons (Fsp3) is 0.143. The molecule has 1 saturated heterocycles. The van der Waals surface area contributed by atoms with Crippen LogP contribution in [0.1, 0.15) is 17.0 Å². The second-order valence-electron chi connectivity index (χ2n) is 10.5. The van der Waals surface area contributed by atoms with Gasteiger partial charge in [0, 0.05) is 47.9 Å². The first-order valence-corrected chi connectivity index (χ1v) is 13.9. The van der Waals surface area contributed by atoms with Crippen molar-refractivity contribution in [1.29, 1.82) is 0 Å². The number of rotatable bonds is 5. The molecular formula is C35H29N5O. The van der Waals surface area contributed by atoms with Crippen LogP contribution in [0.5, 0.6) is 11.5 Å². The Bertz CT molecular complexity index is 2180. The minimum Gasteiger partial charge on any atom is -0.458 e. The third kappa shape index (κ3) is 4.02. The molecule has 1 aliphatic rings. The molecule has 7 aromatic rings. The van der Waals surface area contributed by atoms with E-state index in [1.807, 2.05) is 54.7 Å². The first-order chi connectivity index (χ1) is 21.4. The van der Waals surface area contributed by atoms with Crippen molar-refractivity contribution in [2.45, 2.75) is 12.8 Å². The standard InChI is InChI=1S/C35H29N5O/c1-37-24-39(33-14-5-4-13-32(33)37)26-9-8-10-27(21-26)41-28-15-16-30-29-11-2-3-12-31(29)40(34(30)23-28)35-22-25(17-18-36-35)38-19-6-7-20-38/h2-5,8-18,21-23H,6-7,19-20H2,1H3/i1D3. The van der Waals surface area contributed by atoms with Crippen molar-refractivity contribution in [2.75, 3.05) is 18.0 Å². The van der Waals surface area contributed by atoms with Crippen LogP contribution in [0.3, 0.4) is 0 Å². The molecule has 1 fully saturated rings. The van der Waals surface area contributed by atoms with Gasteiger partial charge >= 0.3 is 0 Å². The number of nitrogens with zero attached hydrogens (tertiary/aromatic N) is 5. The van der Waals surface area contributed by atoms with Gasteiger partial charge in [0.1, 0.15) is 17.3 Å². The zero-order chi connectivity index (χ0) is 29.8. The number of fused-ring (bicyclic) bond motifs is 4. The molecular weight excluding hydrogens is 506 g/mol. The number of pyridine rings is 1. The van der Waals surface area contributed by atoms with Gasteiger partial charge in [0.25, 0.3) is 0 Å². The highest BCUT2D eigenvalue weighted by molar-refractivity contribution is 6.09. The fourth-order valence-corrected chi connectivity index (χ4v) is 6.03. The van der Waals surface area contributed by atoms with Crippen molar-refractivity contribution in [3.63, 3.8) is 0 Å². The van der Waals surface area contributed by atoms with Crippen molar-refractivity contribution < 1.29 is 13.4 Å². The van der Waals surface area contributed by atoms with Crippen molar-refractivity contribution in [2.24, 2.45) is 6.98 Å². The van der Waals surface area contributed by atoms with Gasteiger partial charge < -0.3 is 18.8 Å². The molecule has 4 heterocycles. The lowest BCUT2D eigenvalue weighted by atomic mass is 10.1. The summed E-state index contributed by atoms with van der Waals surface area (Å²) in [5, 5.41) is 2.28. The molecule has 0 unspecified atom stereocenters. The molecule has 0 bridgehead atoms. The lowest BCUT2D eigenvalue weighted by Crippen LogP contribution is -2.26. The topological polar surface area (TPSA) is 39.1 Å². The number of imidazole rings is 1. The summed E-state index contributed by atoms with van der Waals surface area (Å²) >= 11 is 0. The quantitative estimate of drug-likeness (QED) is 0.173. The van der Waals surface area contributed by atoms with E-state index in [4.69, 9.17) is 13.8 Å². The zero-order valence-corrected chi connectivity index (χ0v) is 22.4. The second kappa shape index (κ2) is 9.52. The average Bonchev–Trinajstić information content (AvgIpc) is 3.78. The molecule has 0 saturated carbocycles. The second-order valence-corrected chi connectivity index (χ2v) is 10.5. The normalized spacial score (nSPS) is 14.9. The highest BCUT2D eigenvalue weighted by Crippen LogP contribution is 2.36. The van der Waals surface area contributed by atoms with E-state index in [2.05, 4.69) is 64.3 Å². The summed E-state index contributed by atoms with van der Waals surface area (Å²) < 4.78 is 35.6. The number of aryl methyl sites for hydroxylation is 1. The Hall–Kier alpha value is -5.10. The predicted molar refractivity (Wildman–Crippen MR) is 163 cm³/mol. The predicted octanol–water partition coefficient (Wildman–Crippen LogP) is 7.14. The van der Waals surface area contributed by atoms with Gasteiger partial charge in [0.05, 0.1) is 38.8 Å². The van der Waals surface area contributed by atoms with Gasteiger partial charge in [-0.2, -0.15) is 0 Å². The van der Waals surface area contributed by atoms with Crippen LogP contribution in [0.4, 0.5) is 5.69 Å². The summed E-state index contributed by atoms with van der Waals surface area (Å²) in [6, 6.07) is 33.8. The summed E-state index contributed by atoms with van der Waals surface area (Å²) in [5.41, 5.74) is 5.37. The maximum atomic E-state index is 7.98. The van der Waals surface area contributed by atoms with Crippen molar-refractivity contribution in [3.8, 4) is 23.0 Å². The number of hydrogen-bond acceptors (Lipinski definition) is 3. The van der Waals surface area contributed by atoms with E-state index < -0.39 is 6.98 Å². The number of aromatic nitrogens is 4. The van der Waals surface area contributed by atoms with E-state index in [9.17, 15) is 0 Å². The first kappa shape index (κ1) is 20.8. The molecule has 6 heteroatoms. The SMILES string of the molecule is [2H]C([2H])([2H])[n+]1[c-]n(-c2cccc(Oc3ccc4c5ccccc5n(-c5cc(N6CCCC6)ccn5)c4c3)c2)c2ccccc21. The molecule has 200 valence electrons. The highest BCUT2D eigenvalue weighted by Gasteiger charge is 2.17. The Morgan fingerprint density at radius 1 is 0.756 bits per heavy atom. The Balaban J connectivity index is 1.20. The lowest BCUT2D eigenvalue weighted by Gasteiger charge is -2.18. The zero-order valence-electron chi connectivity index (χ0n) is 25.4. The van der Waals surface area contributed by atoms with E-state index in [1.165, 1.54) is 23.1 Å². The Morgan fingerprint density at radius 3 is 2.46 bits per heavy atom. The molecule has 41 heavy (non-hydrogen) atoms. The van der Waals surface area contributed by atoms with Gasteiger partial charge in [-0.05, 0) is 49.2 Å². The fourth-order valence-electron chi connectivity index (χ4n) is 6.03. The lowest BCUT2D eigenvalue weighted by molar-refractivity contribution is -0.649. The number of hydrogen-bond donors (Lipinski definition) is 0. The molecule has 3 aromatic heterocycles. The van der Waals surface area contributed by atoms with Gasteiger partial charge in [0.15, 0.2) is 0 Å². The first-order valence-electron chi connectivity index (χ1n) is 15.4. The Kier molecular flexibility index (Phi) is 4.82. The molecule has 0 spiro atoms. The summed E-state index contributed by atoms with van der Waals surface area (Å²) in [4.78, 5) is 7.23. The van der Waals surface area contributed by atoms with Crippen LogP contribution in [0.15, 0.2) is 109 Å². The van der Waals surface area contributed by atoms with Gasteiger partial charge in [0.2, 0.25) is 6.33 Å². The van der Waals surface area contributed by atoms with Gasteiger partial charge in [-0.25, -0.2) is 4.98 Å². The molecule has 0 N–H and O–H groups in total. The van der Waals surface area contributed by atoms with Crippen LogP contribution in [-0.2, 0) is 6.98 Å². The van der Waals surface area contributed by atoms with Gasteiger partial charge in [-0.1, -0.05) is 54.6 Å². The van der Waals surface area contributed by atoms with Gasteiger partial charge in [-0.3, -0.25) is 4.57 Å². The third-order valence-electron chi connectivity index (χ3n) is 7.95. The van der Waals surface area contributed by atoms with Crippen molar-refractivity contribution >= 4 is 38.5 Å². The van der Waals surface area contributed by atoms with Crippen molar-refractivity contribution in [3.05, 3.63) is 116 Å². The monoisotopic (exact) mass is 538 g/mol. The number of ether oxygens (including phenoxy) is 1. The van der Waals surface area contributed by atoms with Crippen LogP contribution in [-0.4, -0.2) is 27.2 Å². The molecule has 4 aromatic carbocycles. The van der Waals surface area contributed by atoms with Crippen LogP contribution < -0.4 is 14.2 Å². The van der Waals surface area contributed by atoms with E-state index in [-0.39, 0.29) is 0 Å². The Morgan fingerprint density at radius 2 is 1.56 bits per heavy atom. The number of benzene rings is 4. The number of para-hydroxylation sites is 3. The molecule has 0 aliphatic carbocycles. The van der Waals surface area contributed by atoms with Crippen LogP contribution in [0.25, 0.3) is 44.3 Å². The maximum Gasteiger partial charge on any atom is 0.244 e. The summed E-state index contributed by atoms with van der Waals surface area (Å²) in [6.07, 6.45) is 7.35. The van der Waals surface area contributed by atoms with Crippen LogP contribution in [0, 0.1) is 6.33 Å². The smallest absolute Gasteiger partial charge is 0.244 e. The largest absolute Gasteiger partial charge is 0.458 e. The van der Waals surface area contributed by atoms with Crippen molar-refractivity contribution in [1.82, 2.24) is 14.1 Å². The maximum absolute atomic E-state index is 7.98. The molecule has 0 amide bonds. The molecule has 6 nitrogen and oxygen atoms in total. The Labute approximate surface area is 242 Å². The minimum absolute atomic E-state index is 0.583. The summed E-state index contributed by atoms with van der Waals surface area (Å²) in [5.74, 6) is 2.19.